The summed E-state index contributed by atoms with van der Waals surface area (Å²) in [5, 5.41) is 4.18. The van der Waals surface area contributed by atoms with E-state index >= 15 is 0 Å². The highest BCUT2D eigenvalue weighted by atomic mass is 32.1. The summed E-state index contributed by atoms with van der Waals surface area (Å²) in [7, 11) is 6.76. The van der Waals surface area contributed by atoms with E-state index in [4.69, 9.17) is 14.7 Å². The number of esters is 1. The summed E-state index contributed by atoms with van der Waals surface area (Å²) in [5.41, 5.74) is 6.45. The monoisotopic (exact) mass is 549 g/mol. The highest BCUT2D eigenvalue weighted by Gasteiger charge is 2.16. The van der Waals surface area contributed by atoms with Gasteiger partial charge in [-0.2, -0.15) is 0 Å². The van der Waals surface area contributed by atoms with Gasteiger partial charge in [0, 0.05) is 50.5 Å². The van der Waals surface area contributed by atoms with Crippen LogP contribution < -0.4 is 15.7 Å². The Balaban J connectivity index is 1.46. The Labute approximate surface area is 231 Å². The van der Waals surface area contributed by atoms with Crippen LogP contribution in [0, 0.1) is 0 Å². The fourth-order valence-corrected chi connectivity index (χ4v) is 5.22. The number of benzene rings is 1. The lowest BCUT2D eigenvalue weighted by molar-refractivity contribution is -0.144. The van der Waals surface area contributed by atoms with E-state index in [9.17, 15) is 4.79 Å². The molecule has 3 aromatic rings. The lowest BCUT2D eigenvalue weighted by atomic mass is 10.0. The lowest BCUT2D eigenvalue weighted by Crippen LogP contribution is -2.34. The van der Waals surface area contributed by atoms with E-state index in [1.54, 1.807) is 11.3 Å². The van der Waals surface area contributed by atoms with Gasteiger partial charge in [0.15, 0.2) is 5.13 Å². The van der Waals surface area contributed by atoms with Gasteiger partial charge < -0.3 is 14.2 Å². The van der Waals surface area contributed by atoms with Gasteiger partial charge in [-0.05, 0) is 48.3 Å². The number of hydrogen-bond donors (Lipinski definition) is 0. The molecule has 3 heterocycles. The summed E-state index contributed by atoms with van der Waals surface area (Å²) in [6, 6.07) is 12.5. The normalized spacial score (nSPS) is 14.9. The number of rotatable bonds is 9. The number of carbonyl (C=O) groups excluding carboxylic acids is 1. The summed E-state index contributed by atoms with van der Waals surface area (Å²) in [5.74, 6) is -0.159. The van der Waals surface area contributed by atoms with Gasteiger partial charge in [0.2, 0.25) is 0 Å². The lowest BCUT2D eigenvalue weighted by Gasteiger charge is -2.25. The fraction of sp³-hybridized carbons (Fsp3) is 0.345. The number of ether oxygens (including phenoxy) is 1. The predicted molar refractivity (Wildman–Crippen MR) is 160 cm³/mol. The van der Waals surface area contributed by atoms with E-state index in [-0.39, 0.29) is 5.97 Å². The van der Waals surface area contributed by atoms with Gasteiger partial charge in [0.25, 0.3) is 0 Å². The molecule has 0 spiro atoms. The van der Waals surface area contributed by atoms with E-state index in [1.807, 2.05) is 25.9 Å². The van der Waals surface area contributed by atoms with Crippen LogP contribution in [0.5, 0.6) is 0 Å². The molecule has 0 aliphatic carbocycles. The minimum atomic E-state index is -0.159. The van der Waals surface area contributed by atoms with Crippen molar-refractivity contribution in [3.8, 4) is 11.3 Å². The number of anilines is 1. The Hall–Kier alpha value is -3.06. The van der Waals surface area contributed by atoms with Crippen LogP contribution in [0.4, 0.5) is 5.13 Å². The van der Waals surface area contributed by atoms with Gasteiger partial charge in [0.05, 0.1) is 24.5 Å². The molecule has 0 fully saturated rings. The molecule has 0 radical (unpaired) electrons. The van der Waals surface area contributed by atoms with Gasteiger partial charge in [0.1, 0.15) is 5.49 Å². The summed E-state index contributed by atoms with van der Waals surface area (Å²) in [6.45, 7) is 6.31. The number of hydrogen-bond acceptors (Lipinski definition) is 7. The number of aromatic nitrogens is 2. The third-order valence-electron chi connectivity index (χ3n) is 6.39. The minimum absolute atomic E-state index is 0.159. The standard InChI is InChI=1S/C29H36N5O2PS/c1-5-24(18-33(4)29-31-26(20-38-29)22-7-10-25(37)11-8-22)30-27-12-9-23(17-32(27)3)21-13-15-34(16-14-21)19-28(35)36-6-2/h7-13,17-18,20H,5-6,14-16,19,37H2,1-4H3/b24-18+,30-27-. The van der Waals surface area contributed by atoms with Crippen LogP contribution in [-0.2, 0) is 16.6 Å². The molecule has 1 unspecified atom stereocenters. The molecule has 0 saturated carbocycles. The first-order valence-corrected chi connectivity index (χ1v) is 14.4. The van der Waals surface area contributed by atoms with E-state index in [2.05, 4.69) is 85.9 Å². The van der Waals surface area contributed by atoms with Crippen LogP contribution in [0.25, 0.3) is 16.8 Å². The maximum Gasteiger partial charge on any atom is 0.320 e. The SMILES string of the molecule is CCOC(=O)CN1CC=C(c2cc/c(=N/C(=C/N(C)c3nc(-c4ccc(P)cc4)cs3)CC)n(C)c2)CC1. The van der Waals surface area contributed by atoms with Crippen LogP contribution in [0.3, 0.4) is 0 Å². The van der Waals surface area contributed by atoms with Crippen LogP contribution in [-0.4, -0.2) is 53.7 Å². The summed E-state index contributed by atoms with van der Waals surface area (Å²) in [4.78, 5) is 25.7. The summed E-state index contributed by atoms with van der Waals surface area (Å²) in [6.07, 6.45) is 8.11. The molecule has 200 valence electrons. The molecular formula is C29H36N5O2PS. The van der Waals surface area contributed by atoms with E-state index in [0.29, 0.717) is 13.2 Å². The average Bonchev–Trinajstić information content (AvgIpc) is 3.41. The second-order valence-electron chi connectivity index (χ2n) is 9.24. The Morgan fingerprint density at radius 1 is 1.21 bits per heavy atom. The third kappa shape index (κ3) is 7.28. The molecule has 1 aliphatic rings. The molecule has 0 bridgehead atoms. The molecular weight excluding hydrogens is 513 g/mol. The second-order valence-corrected chi connectivity index (χ2v) is 10.7. The van der Waals surface area contributed by atoms with Crippen molar-refractivity contribution < 1.29 is 9.53 Å². The smallest absolute Gasteiger partial charge is 0.320 e. The molecule has 4 rings (SSSR count). The van der Waals surface area contributed by atoms with Gasteiger partial charge in [-0.3, -0.25) is 9.69 Å². The number of pyridine rings is 1. The zero-order valence-electron chi connectivity index (χ0n) is 22.6. The molecule has 1 aliphatic heterocycles. The molecule has 2 aromatic heterocycles. The number of carbonyl (C=O) groups is 1. The number of allylic oxidation sites excluding steroid dienone is 1. The van der Waals surface area contributed by atoms with Crippen LogP contribution in [0.15, 0.2) is 70.9 Å². The Kier molecular flexibility index (Phi) is 9.67. The first-order chi connectivity index (χ1) is 18.4. The molecule has 0 N–H and O–H groups in total. The van der Waals surface area contributed by atoms with Gasteiger partial charge >= 0.3 is 5.97 Å². The topological polar surface area (TPSA) is 63.0 Å². The van der Waals surface area contributed by atoms with Crippen molar-refractivity contribution in [2.75, 3.05) is 38.2 Å². The van der Waals surface area contributed by atoms with E-state index in [1.165, 1.54) is 11.1 Å². The maximum atomic E-state index is 11.8. The molecule has 0 saturated heterocycles. The first-order valence-electron chi connectivity index (χ1n) is 12.9. The molecule has 38 heavy (non-hydrogen) atoms. The average molecular weight is 550 g/mol. The largest absolute Gasteiger partial charge is 0.465 e. The van der Waals surface area contributed by atoms with Gasteiger partial charge in [-0.1, -0.05) is 37.3 Å². The van der Waals surface area contributed by atoms with Crippen molar-refractivity contribution in [1.82, 2.24) is 14.5 Å². The van der Waals surface area contributed by atoms with Crippen molar-refractivity contribution >= 4 is 42.6 Å². The Morgan fingerprint density at radius 2 is 1.97 bits per heavy atom. The molecule has 1 aromatic carbocycles. The van der Waals surface area contributed by atoms with Gasteiger partial charge in [-0.15, -0.1) is 20.6 Å². The number of thiazole rings is 1. The first kappa shape index (κ1) is 28.0. The highest BCUT2D eigenvalue weighted by molar-refractivity contribution is 7.27. The molecule has 9 heteroatoms. The molecule has 0 amide bonds. The second kappa shape index (κ2) is 13.1. The van der Waals surface area contributed by atoms with Crippen LogP contribution in [0.1, 0.15) is 32.3 Å². The zero-order chi connectivity index (χ0) is 27.1. The molecule has 7 nitrogen and oxygen atoms in total. The summed E-state index contributed by atoms with van der Waals surface area (Å²) < 4.78 is 7.14. The van der Waals surface area contributed by atoms with Gasteiger partial charge in [-0.25, -0.2) is 9.98 Å². The van der Waals surface area contributed by atoms with E-state index < -0.39 is 0 Å². The highest BCUT2D eigenvalue weighted by Crippen LogP contribution is 2.27. The summed E-state index contributed by atoms with van der Waals surface area (Å²) >= 11 is 1.62. The third-order valence-corrected chi connectivity index (χ3v) is 7.71. The molecule has 1 atom stereocenters. The van der Waals surface area contributed by atoms with Crippen LogP contribution >= 0.6 is 20.6 Å². The zero-order valence-corrected chi connectivity index (χ0v) is 24.5. The number of aryl methyl sites for hydroxylation is 1. The Bertz CT molecular complexity index is 1390. The quantitative estimate of drug-likeness (QED) is 0.289. The Morgan fingerprint density at radius 3 is 2.63 bits per heavy atom. The maximum absolute atomic E-state index is 11.8. The van der Waals surface area contributed by atoms with E-state index in [0.717, 1.165) is 58.8 Å². The van der Waals surface area contributed by atoms with Crippen molar-refractivity contribution in [3.63, 3.8) is 0 Å². The minimum Gasteiger partial charge on any atom is -0.465 e. The van der Waals surface area contributed by atoms with Crippen molar-refractivity contribution in [1.29, 1.82) is 0 Å². The number of nitrogens with zero attached hydrogens (tertiary/aromatic N) is 5. The van der Waals surface area contributed by atoms with Crippen molar-refractivity contribution in [3.05, 3.63) is 77.0 Å². The fourth-order valence-electron chi connectivity index (χ4n) is 4.25. The van der Waals surface area contributed by atoms with Crippen LogP contribution in [0.2, 0.25) is 0 Å². The van der Waals surface area contributed by atoms with Crippen molar-refractivity contribution in [2.24, 2.45) is 12.0 Å². The predicted octanol–water partition coefficient (Wildman–Crippen LogP) is 4.59. The van der Waals surface area contributed by atoms with Crippen molar-refractivity contribution in [2.45, 2.75) is 26.7 Å².